The summed E-state index contributed by atoms with van der Waals surface area (Å²) < 4.78 is 0. The summed E-state index contributed by atoms with van der Waals surface area (Å²) in [5, 5.41) is 32.5. The van der Waals surface area contributed by atoms with Gasteiger partial charge in [-0.1, -0.05) is 0 Å². The Morgan fingerprint density at radius 1 is 0.769 bits per heavy atom. The first-order chi connectivity index (χ1) is 4.46. The molecule has 0 bridgehead atoms. The van der Waals surface area contributed by atoms with Crippen LogP contribution in [0.2, 0.25) is 0 Å². The predicted molar refractivity (Wildman–Crippen MR) is 38.1 cm³/mol. The molecule has 0 aromatic rings. The molecule has 0 heterocycles. The highest BCUT2D eigenvalue weighted by molar-refractivity contribution is 5.82. The summed E-state index contributed by atoms with van der Waals surface area (Å²) in [6.07, 6.45) is -4.53. The van der Waals surface area contributed by atoms with E-state index in [-0.39, 0.29) is 16.4 Å². The lowest BCUT2D eigenvalue weighted by Crippen LogP contribution is -2.39. The molecule has 0 saturated heterocycles. The van der Waals surface area contributed by atoms with Crippen molar-refractivity contribution in [1.29, 1.82) is 0 Å². The monoisotopic (exact) mass is 204 g/mol. The average Bonchev–Trinajstić information content (AvgIpc) is 1.84. The fraction of sp³-hybridized carbons (Fsp3) is 0.500. The van der Waals surface area contributed by atoms with Gasteiger partial charge in [0.25, 0.3) is 0 Å². The van der Waals surface area contributed by atoms with E-state index in [0.29, 0.717) is 0 Å². The molecule has 13 heavy (non-hydrogen) atoms. The van der Waals surface area contributed by atoms with Crippen molar-refractivity contribution in [2.24, 2.45) is 0 Å². The third-order valence-electron chi connectivity index (χ3n) is 0.805. The molecule has 2 atom stereocenters. The van der Waals surface area contributed by atoms with Crippen molar-refractivity contribution in [3.05, 3.63) is 0 Å². The van der Waals surface area contributed by atoms with Crippen LogP contribution >= 0.6 is 0 Å². The van der Waals surface area contributed by atoms with Gasteiger partial charge in [0.15, 0.2) is 12.2 Å². The Balaban J connectivity index is -0.000000135. The Labute approximate surface area is 71.8 Å². The molecule has 0 saturated carbocycles. The van der Waals surface area contributed by atoms with E-state index in [9.17, 15) is 9.59 Å². The molecule has 0 aliphatic rings. The van der Waals surface area contributed by atoms with E-state index < -0.39 is 24.1 Å². The lowest BCUT2D eigenvalue weighted by atomic mass is 10.2. The molecule has 9 nitrogen and oxygen atoms in total. The SMILES string of the molecule is O.O.O.O=C(O)[C@H](O)[C@@H](O)C(=O)O. The molecule has 0 aliphatic carbocycles. The molecule has 10 N–H and O–H groups in total. The first-order valence-electron chi connectivity index (χ1n) is 2.28. The maximum atomic E-state index is 9.77. The highest BCUT2D eigenvalue weighted by Gasteiger charge is 2.29. The number of hydrogen-bond acceptors (Lipinski definition) is 4. The smallest absolute Gasteiger partial charge is 0.335 e. The van der Waals surface area contributed by atoms with Crippen molar-refractivity contribution in [1.82, 2.24) is 0 Å². The third kappa shape index (κ3) is 7.11. The summed E-state index contributed by atoms with van der Waals surface area (Å²) in [4.78, 5) is 19.5. The Hall–Kier alpha value is -1.26. The van der Waals surface area contributed by atoms with Gasteiger partial charge in [-0.25, -0.2) is 9.59 Å². The van der Waals surface area contributed by atoms with Gasteiger partial charge in [-0.15, -0.1) is 0 Å². The van der Waals surface area contributed by atoms with E-state index in [0.717, 1.165) is 0 Å². The van der Waals surface area contributed by atoms with Crippen LogP contribution in [-0.2, 0) is 9.59 Å². The largest absolute Gasteiger partial charge is 0.479 e. The van der Waals surface area contributed by atoms with Gasteiger partial charge in [0.1, 0.15) is 0 Å². The van der Waals surface area contributed by atoms with Crippen LogP contribution in [0.4, 0.5) is 0 Å². The Kier molecular flexibility index (Phi) is 15.4. The lowest BCUT2D eigenvalue weighted by molar-refractivity contribution is -0.165. The fourth-order valence-electron chi connectivity index (χ4n) is 0.270. The van der Waals surface area contributed by atoms with Crippen LogP contribution in [-0.4, -0.2) is 61.0 Å². The normalized spacial score (nSPS) is 12.2. The number of hydrogen-bond donors (Lipinski definition) is 4. The molecular weight excluding hydrogens is 192 g/mol. The minimum atomic E-state index is -2.27. The quantitative estimate of drug-likeness (QED) is 0.354. The zero-order valence-corrected chi connectivity index (χ0v) is 6.26. The van der Waals surface area contributed by atoms with Crippen LogP contribution in [0.5, 0.6) is 0 Å². The van der Waals surface area contributed by atoms with Crippen molar-refractivity contribution in [2.75, 3.05) is 0 Å². The van der Waals surface area contributed by atoms with E-state index in [1.807, 2.05) is 0 Å². The second-order valence-electron chi connectivity index (χ2n) is 1.57. The number of carbonyl (C=O) groups is 2. The minimum Gasteiger partial charge on any atom is -0.479 e. The van der Waals surface area contributed by atoms with E-state index >= 15 is 0 Å². The summed E-state index contributed by atoms with van der Waals surface area (Å²) >= 11 is 0. The molecular formula is C4H12O9. The minimum absolute atomic E-state index is 0. The maximum absolute atomic E-state index is 9.77. The second-order valence-corrected chi connectivity index (χ2v) is 1.57. The van der Waals surface area contributed by atoms with Crippen LogP contribution < -0.4 is 0 Å². The number of aliphatic hydroxyl groups excluding tert-OH is 2. The van der Waals surface area contributed by atoms with Crippen LogP contribution in [0.15, 0.2) is 0 Å². The molecule has 82 valence electrons. The van der Waals surface area contributed by atoms with Gasteiger partial charge in [0.05, 0.1) is 0 Å². The van der Waals surface area contributed by atoms with Crippen LogP contribution in [0.3, 0.4) is 0 Å². The molecule has 0 aromatic heterocycles. The zero-order chi connectivity index (χ0) is 8.31. The standard InChI is InChI=1S/C4H6O6.3H2O/c5-1(3(7)8)2(6)4(9)10;;;/h1-2,5-6H,(H,7,8)(H,9,10);3*1H2/t1-,2-;;;/m1.../s1. The number of aliphatic hydroxyl groups is 2. The van der Waals surface area contributed by atoms with Gasteiger partial charge in [0, 0.05) is 0 Å². The Bertz CT molecular complexity index is 136. The van der Waals surface area contributed by atoms with Crippen molar-refractivity contribution in [3.8, 4) is 0 Å². The molecule has 0 spiro atoms. The first kappa shape index (κ1) is 22.6. The number of carboxylic acid groups (broad SMARTS) is 2. The van der Waals surface area contributed by atoms with Gasteiger partial charge in [-0.2, -0.15) is 0 Å². The molecule has 9 heteroatoms. The highest BCUT2D eigenvalue weighted by atomic mass is 16.4. The topological polar surface area (TPSA) is 210 Å². The zero-order valence-electron chi connectivity index (χ0n) is 6.26. The van der Waals surface area contributed by atoms with E-state index in [1.165, 1.54) is 0 Å². The second kappa shape index (κ2) is 8.83. The van der Waals surface area contributed by atoms with E-state index in [4.69, 9.17) is 20.4 Å². The average molecular weight is 204 g/mol. The predicted octanol–water partition coefficient (Wildman–Crippen LogP) is -4.60. The highest BCUT2D eigenvalue weighted by Crippen LogP contribution is 1.92. The summed E-state index contributed by atoms with van der Waals surface area (Å²) in [5.41, 5.74) is 0. The van der Waals surface area contributed by atoms with Crippen LogP contribution in [0.1, 0.15) is 0 Å². The molecule has 0 unspecified atom stereocenters. The molecule has 0 fully saturated rings. The first-order valence-corrected chi connectivity index (χ1v) is 2.28. The maximum Gasteiger partial charge on any atom is 0.335 e. The molecule has 0 aromatic carbocycles. The lowest BCUT2D eigenvalue weighted by Gasteiger charge is -2.07. The fourth-order valence-corrected chi connectivity index (χ4v) is 0.270. The van der Waals surface area contributed by atoms with Crippen molar-refractivity contribution in [3.63, 3.8) is 0 Å². The summed E-state index contributed by atoms with van der Waals surface area (Å²) in [7, 11) is 0. The van der Waals surface area contributed by atoms with E-state index in [1.54, 1.807) is 0 Å². The molecule has 0 aliphatic heterocycles. The van der Waals surface area contributed by atoms with Crippen molar-refractivity contribution >= 4 is 11.9 Å². The summed E-state index contributed by atoms with van der Waals surface area (Å²) in [6.45, 7) is 0. The molecule has 0 amide bonds. The number of aliphatic carboxylic acids is 2. The van der Waals surface area contributed by atoms with Gasteiger partial charge in [-0.05, 0) is 0 Å². The van der Waals surface area contributed by atoms with Gasteiger partial charge < -0.3 is 36.9 Å². The summed E-state index contributed by atoms with van der Waals surface area (Å²) in [6, 6.07) is 0. The summed E-state index contributed by atoms with van der Waals surface area (Å²) in [5.74, 6) is -3.54. The van der Waals surface area contributed by atoms with Crippen molar-refractivity contribution < 1.29 is 46.4 Å². The number of rotatable bonds is 3. The van der Waals surface area contributed by atoms with Gasteiger partial charge >= 0.3 is 11.9 Å². The Morgan fingerprint density at radius 3 is 1.00 bits per heavy atom. The number of carboxylic acids is 2. The van der Waals surface area contributed by atoms with Gasteiger partial charge in [-0.3, -0.25) is 0 Å². The van der Waals surface area contributed by atoms with Crippen molar-refractivity contribution in [2.45, 2.75) is 12.2 Å². The van der Waals surface area contributed by atoms with Crippen LogP contribution in [0.25, 0.3) is 0 Å². The molecule has 0 radical (unpaired) electrons. The van der Waals surface area contributed by atoms with E-state index in [2.05, 4.69) is 0 Å². The Morgan fingerprint density at radius 2 is 0.923 bits per heavy atom. The molecule has 0 rings (SSSR count). The van der Waals surface area contributed by atoms with Gasteiger partial charge in [0.2, 0.25) is 0 Å². The third-order valence-corrected chi connectivity index (χ3v) is 0.805. The van der Waals surface area contributed by atoms with Crippen LogP contribution in [0, 0.1) is 0 Å².